The monoisotopic (exact) mass is 421 g/mol. The lowest BCUT2D eigenvalue weighted by Crippen LogP contribution is -2.21. The van der Waals surface area contributed by atoms with Gasteiger partial charge in [0.05, 0.1) is 5.56 Å². The highest BCUT2D eigenvalue weighted by Crippen LogP contribution is 2.38. The molecule has 1 heterocycles. The number of furan rings is 1. The van der Waals surface area contributed by atoms with Crippen molar-refractivity contribution in [2.24, 2.45) is 0 Å². The molecule has 0 saturated heterocycles. The van der Waals surface area contributed by atoms with E-state index in [2.05, 4.69) is 10.1 Å². The molecular weight excluding hydrogens is 407 g/mol. The maximum atomic E-state index is 14.2. The summed E-state index contributed by atoms with van der Waals surface area (Å²) in [5, 5.41) is 3.18. The second-order valence-corrected chi connectivity index (χ2v) is 6.30. The number of rotatable bonds is 5. The summed E-state index contributed by atoms with van der Waals surface area (Å²) in [7, 11) is 0. The Morgan fingerprint density at radius 2 is 1.72 bits per heavy atom. The van der Waals surface area contributed by atoms with E-state index in [-0.39, 0.29) is 17.8 Å². The number of hydrogen-bond acceptors (Lipinski definition) is 3. The van der Waals surface area contributed by atoms with Crippen molar-refractivity contribution < 1.29 is 39.9 Å². The van der Waals surface area contributed by atoms with Crippen molar-refractivity contribution in [1.82, 2.24) is 0 Å². The first kappa shape index (κ1) is 20.8. The Morgan fingerprint density at radius 3 is 2.38 bits per heavy atom. The van der Waals surface area contributed by atoms with Crippen LogP contribution in [0.3, 0.4) is 0 Å². The number of aryl methyl sites for hydroxylation is 1. The minimum absolute atomic E-state index is 0.0631. The molecule has 3 rings (SSSR count). The van der Waals surface area contributed by atoms with Gasteiger partial charge in [-0.2, -0.15) is 26.3 Å². The van der Waals surface area contributed by atoms with E-state index in [1.165, 1.54) is 12.1 Å². The number of alkyl halides is 6. The molecule has 156 valence electrons. The zero-order valence-electron chi connectivity index (χ0n) is 14.8. The highest BCUT2D eigenvalue weighted by atomic mass is 19.4. The Morgan fingerprint density at radius 1 is 1.00 bits per heavy atom. The first-order chi connectivity index (χ1) is 13.4. The average molecular weight is 421 g/mol. The molecule has 0 saturated carbocycles. The smallest absolute Gasteiger partial charge is 0.422 e. The highest BCUT2D eigenvalue weighted by Gasteiger charge is 2.36. The molecule has 0 bridgehead atoms. The van der Waals surface area contributed by atoms with Crippen LogP contribution in [0.15, 0.2) is 40.8 Å². The van der Waals surface area contributed by atoms with Gasteiger partial charge in [0.2, 0.25) is 0 Å². The molecule has 0 aliphatic carbocycles. The standard InChI is InChI=1S/C19H14F7NO2/c1-10-4-11-5-15(20)12(6-17(11)29-10)8-27-13-2-3-16(28-9-18(21,22)23)14(7-13)19(24,25)26/h2-7,27H,8-9H2,1H3. The van der Waals surface area contributed by atoms with E-state index in [0.29, 0.717) is 22.8 Å². The Bertz CT molecular complexity index is 1020. The van der Waals surface area contributed by atoms with Crippen molar-refractivity contribution in [3.05, 3.63) is 59.1 Å². The molecule has 1 N–H and O–H groups in total. The first-order valence-corrected chi connectivity index (χ1v) is 8.25. The number of hydrogen-bond donors (Lipinski definition) is 1. The molecule has 0 aliphatic rings. The molecule has 0 radical (unpaired) electrons. The van der Waals surface area contributed by atoms with Gasteiger partial charge in [0, 0.05) is 23.2 Å². The van der Waals surface area contributed by atoms with Gasteiger partial charge in [-0.3, -0.25) is 0 Å². The molecule has 0 fully saturated rings. The summed E-state index contributed by atoms with van der Waals surface area (Å²) in [5.74, 6) is -0.945. The van der Waals surface area contributed by atoms with E-state index in [4.69, 9.17) is 4.42 Å². The van der Waals surface area contributed by atoms with Gasteiger partial charge in [0.15, 0.2) is 6.61 Å². The molecule has 0 amide bonds. The Balaban J connectivity index is 1.81. The van der Waals surface area contributed by atoms with Crippen LogP contribution < -0.4 is 10.1 Å². The quantitative estimate of drug-likeness (QED) is 0.481. The normalized spacial score (nSPS) is 12.4. The molecule has 0 spiro atoms. The Kier molecular flexibility index (Phi) is 5.38. The Labute approximate surface area is 160 Å². The summed E-state index contributed by atoms with van der Waals surface area (Å²) in [6, 6.07) is 6.83. The highest BCUT2D eigenvalue weighted by molar-refractivity contribution is 5.78. The molecule has 2 aromatic carbocycles. The summed E-state index contributed by atoms with van der Waals surface area (Å²) in [4.78, 5) is 0. The van der Waals surface area contributed by atoms with Crippen LogP contribution >= 0.6 is 0 Å². The number of fused-ring (bicyclic) bond motifs is 1. The fourth-order valence-electron chi connectivity index (χ4n) is 2.71. The third-order valence-electron chi connectivity index (χ3n) is 3.97. The number of ether oxygens (including phenoxy) is 1. The fourth-order valence-corrected chi connectivity index (χ4v) is 2.71. The lowest BCUT2D eigenvalue weighted by Gasteiger charge is -2.17. The van der Waals surface area contributed by atoms with Crippen LogP contribution in [0, 0.1) is 12.7 Å². The second kappa shape index (κ2) is 7.49. The van der Waals surface area contributed by atoms with Gasteiger partial charge in [0.1, 0.15) is 22.9 Å². The second-order valence-electron chi connectivity index (χ2n) is 6.30. The van der Waals surface area contributed by atoms with Gasteiger partial charge in [-0.05, 0) is 43.3 Å². The molecule has 0 aliphatic heterocycles. The molecule has 0 atom stereocenters. The summed E-state index contributed by atoms with van der Waals surface area (Å²) in [6.07, 6.45) is -9.71. The topological polar surface area (TPSA) is 34.4 Å². The van der Waals surface area contributed by atoms with Crippen molar-refractivity contribution >= 4 is 16.7 Å². The summed E-state index contributed by atoms with van der Waals surface area (Å²) in [6.45, 7) is -0.324. The molecule has 3 nitrogen and oxygen atoms in total. The van der Waals surface area contributed by atoms with Gasteiger partial charge < -0.3 is 14.5 Å². The predicted octanol–water partition coefficient (Wildman–Crippen LogP) is 6.45. The van der Waals surface area contributed by atoms with Gasteiger partial charge in [0.25, 0.3) is 0 Å². The van der Waals surface area contributed by atoms with Crippen LogP contribution in [0.25, 0.3) is 11.0 Å². The predicted molar refractivity (Wildman–Crippen MR) is 91.2 cm³/mol. The van der Waals surface area contributed by atoms with Crippen LogP contribution in [0.2, 0.25) is 0 Å². The fraction of sp³-hybridized carbons (Fsp3) is 0.263. The Hall–Kier alpha value is -2.91. The molecule has 3 aromatic rings. The van der Waals surface area contributed by atoms with Gasteiger partial charge in [-0.25, -0.2) is 4.39 Å². The molecule has 10 heteroatoms. The zero-order chi connectivity index (χ0) is 21.4. The van der Waals surface area contributed by atoms with Crippen LogP contribution in [0.5, 0.6) is 5.75 Å². The van der Waals surface area contributed by atoms with E-state index in [0.717, 1.165) is 12.1 Å². The van der Waals surface area contributed by atoms with E-state index >= 15 is 0 Å². The lowest BCUT2D eigenvalue weighted by atomic mass is 10.1. The van der Waals surface area contributed by atoms with Gasteiger partial charge >= 0.3 is 12.4 Å². The van der Waals surface area contributed by atoms with Gasteiger partial charge in [-0.1, -0.05) is 0 Å². The SMILES string of the molecule is Cc1cc2cc(F)c(CNc3ccc(OCC(F)(F)F)c(C(F)(F)F)c3)cc2o1. The van der Waals surface area contributed by atoms with E-state index in [9.17, 15) is 30.7 Å². The minimum atomic E-state index is -4.94. The summed E-state index contributed by atoms with van der Waals surface area (Å²) in [5.41, 5.74) is -0.860. The minimum Gasteiger partial charge on any atom is -0.483 e. The number of halogens is 7. The lowest BCUT2D eigenvalue weighted by molar-refractivity contribution is -0.158. The summed E-state index contributed by atoms with van der Waals surface area (Å²) < 4.78 is 100. The van der Waals surface area contributed by atoms with Crippen LogP contribution in [0.4, 0.5) is 36.4 Å². The van der Waals surface area contributed by atoms with Crippen LogP contribution in [0.1, 0.15) is 16.9 Å². The largest absolute Gasteiger partial charge is 0.483 e. The maximum absolute atomic E-state index is 14.2. The van der Waals surface area contributed by atoms with Crippen molar-refractivity contribution in [3.8, 4) is 5.75 Å². The third-order valence-corrected chi connectivity index (χ3v) is 3.97. The van der Waals surface area contributed by atoms with Crippen molar-refractivity contribution in [2.45, 2.75) is 25.8 Å². The third kappa shape index (κ3) is 5.12. The van der Waals surface area contributed by atoms with E-state index < -0.39 is 36.1 Å². The molecule has 29 heavy (non-hydrogen) atoms. The maximum Gasteiger partial charge on any atom is 0.422 e. The van der Waals surface area contributed by atoms with Crippen LogP contribution in [-0.4, -0.2) is 12.8 Å². The molecule has 1 aromatic heterocycles. The number of nitrogens with one attached hydrogen (secondary N) is 1. The average Bonchev–Trinajstić information content (AvgIpc) is 2.95. The molecule has 0 unspecified atom stereocenters. The number of benzene rings is 2. The van der Waals surface area contributed by atoms with Crippen molar-refractivity contribution in [3.63, 3.8) is 0 Å². The molecular formula is C19H14F7NO2. The zero-order valence-corrected chi connectivity index (χ0v) is 14.8. The summed E-state index contributed by atoms with van der Waals surface area (Å²) >= 11 is 0. The van der Waals surface area contributed by atoms with Crippen molar-refractivity contribution in [2.75, 3.05) is 11.9 Å². The first-order valence-electron chi connectivity index (χ1n) is 8.25. The van der Waals surface area contributed by atoms with Crippen LogP contribution in [-0.2, 0) is 12.7 Å². The van der Waals surface area contributed by atoms with Crippen molar-refractivity contribution in [1.29, 1.82) is 0 Å². The van der Waals surface area contributed by atoms with E-state index in [1.807, 2.05) is 0 Å². The van der Waals surface area contributed by atoms with E-state index in [1.54, 1.807) is 13.0 Å². The van der Waals surface area contributed by atoms with Gasteiger partial charge in [-0.15, -0.1) is 0 Å². The number of anilines is 1.